The first kappa shape index (κ1) is 14.4. The van der Waals surface area contributed by atoms with E-state index >= 15 is 0 Å². The van der Waals surface area contributed by atoms with Gasteiger partial charge in [-0.2, -0.15) is 0 Å². The molecule has 102 valence electrons. The van der Waals surface area contributed by atoms with Crippen LogP contribution in [0.15, 0.2) is 37.5 Å². The third kappa shape index (κ3) is 3.10. The number of aromatic nitrogens is 3. The molecule has 2 aromatic rings. The van der Waals surface area contributed by atoms with Crippen LogP contribution < -0.4 is 11.4 Å². The zero-order valence-electron chi connectivity index (χ0n) is 10.7. The van der Waals surface area contributed by atoms with Crippen molar-refractivity contribution in [3.63, 3.8) is 0 Å². The summed E-state index contributed by atoms with van der Waals surface area (Å²) in [4.78, 5) is 12.5. The molecule has 7 heteroatoms. The maximum atomic E-state index is 11.5. The minimum absolute atomic E-state index is 0.00504. The Kier molecular flexibility index (Phi) is 4.49. The van der Waals surface area contributed by atoms with E-state index in [0.29, 0.717) is 11.7 Å². The molecular weight excluding hydrogens is 328 g/mol. The van der Waals surface area contributed by atoms with Crippen molar-refractivity contribution in [3.8, 4) is 0 Å². The molecule has 0 spiro atoms. The summed E-state index contributed by atoms with van der Waals surface area (Å²) in [6.45, 7) is 4.44. The van der Waals surface area contributed by atoms with Crippen LogP contribution in [-0.4, -0.2) is 14.8 Å². The third-order valence-corrected chi connectivity index (χ3v) is 4.71. The molecule has 0 bridgehead atoms. The molecule has 1 aromatic heterocycles. The molecule has 3 N–H and O–H groups in total. The molecule has 0 aliphatic heterocycles. The summed E-state index contributed by atoms with van der Waals surface area (Å²) in [6, 6.07) is 5.95. The average Bonchev–Trinajstić information content (AvgIpc) is 2.72. The number of halogens is 1. The molecule has 1 heterocycles. The molecule has 0 saturated carbocycles. The lowest BCUT2D eigenvalue weighted by Gasteiger charge is -2.09. The van der Waals surface area contributed by atoms with Gasteiger partial charge in [0, 0.05) is 22.0 Å². The second-order valence-corrected chi connectivity index (χ2v) is 6.00. The monoisotopic (exact) mass is 342 g/mol. The predicted molar refractivity (Wildman–Crippen MR) is 79.4 cm³/mol. The number of benzene rings is 1. The van der Waals surface area contributed by atoms with E-state index in [4.69, 9.17) is 5.73 Å². The Hall–Kier alpha value is -1.05. The number of hydrogen-bond acceptors (Lipinski definition) is 4. The third-order valence-electron chi connectivity index (χ3n) is 2.72. The first-order valence-electron chi connectivity index (χ1n) is 5.91. The molecule has 0 saturated heterocycles. The van der Waals surface area contributed by atoms with Crippen LogP contribution in [0.3, 0.4) is 0 Å². The zero-order valence-corrected chi connectivity index (χ0v) is 13.1. The van der Waals surface area contributed by atoms with Gasteiger partial charge in [0.15, 0.2) is 5.16 Å². The van der Waals surface area contributed by atoms with Crippen molar-refractivity contribution in [2.45, 2.75) is 36.5 Å². The Labute approximate surface area is 123 Å². The first-order valence-corrected chi connectivity index (χ1v) is 7.52. The largest absolute Gasteiger partial charge is 0.343 e. The van der Waals surface area contributed by atoms with E-state index in [0.717, 1.165) is 14.9 Å². The highest BCUT2D eigenvalue weighted by atomic mass is 79.9. The Morgan fingerprint density at radius 3 is 2.89 bits per heavy atom. The van der Waals surface area contributed by atoms with E-state index in [1.807, 2.05) is 32.0 Å². The van der Waals surface area contributed by atoms with Gasteiger partial charge in [-0.1, -0.05) is 6.07 Å². The van der Waals surface area contributed by atoms with Gasteiger partial charge in [0.2, 0.25) is 0 Å². The maximum absolute atomic E-state index is 11.5. The summed E-state index contributed by atoms with van der Waals surface area (Å²) in [5.41, 5.74) is 6.72. The van der Waals surface area contributed by atoms with Gasteiger partial charge < -0.3 is 5.73 Å². The van der Waals surface area contributed by atoms with E-state index in [1.165, 1.54) is 11.8 Å². The van der Waals surface area contributed by atoms with Gasteiger partial charge in [0.1, 0.15) is 0 Å². The molecular formula is C12H15BrN4OS. The summed E-state index contributed by atoms with van der Waals surface area (Å²) < 4.78 is 2.54. The molecule has 19 heavy (non-hydrogen) atoms. The smallest absolute Gasteiger partial charge is 0.324 e. The van der Waals surface area contributed by atoms with Gasteiger partial charge in [-0.3, -0.25) is 4.57 Å². The highest BCUT2D eigenvalue weighted by Crippen LogP contribution is 2.33. The molecule has 5 nitrogen and oxygen atoms in total. The van der Waals surface area contributed by atoms with Crippen LogP contribution >= 0.6 is 27.7 Å². The van der Waals surface area contributed by atoms with Crippen LogP contribution in [0.1, 0.15) is 25.5 Å². The highest BCUT2D eigenvalue weighted by molar-refractivity contribution is 9.10. The number of nitrogens with zero attached hydrogens (tertiary/aromatic N) is 2. The van der Waals surface area contributed by atoms with Gasteiger partial charge in [-0.25, -0.2) is 9.89 Å². The van der Waals surface area contributed by atoms with Crippen LogP contribution in [-0.2, 0) is 6.54 Å². The van der Waals surface area contributed by atoms with Crippen molar-refractivity contribution in [1.29, 1.82) is 0 Å². The van der Waals surface area contributed by atoms with Crippen molar-refractivity contribution >= 4 is 27.7 Å². The predicted octanol–water partition coefficient (Wildman–Crippen LogP) is 2.52. The van der Waals surface area contributed by atoms with Gasteiger partial charge in [0.05, 0.1) is 0 Å². The van der Waals surface area contributed by atoms with Gasteiger partial charge in [-0.05, 0) is 59.2 Å². The molecule has 0 amide bonds. The fourth-order valence-electron chi connectivity index (χ4n) is 1.64. The first-order chi connectivity index (χ1) is 9.02. The molecule has 0 unspecified atom stereocenters. The van der Waals surface area contributed by atoms with Gasteiger partial charge in [-0.15, -0.1) is 5.10 Å². The van der Waals surface area contributed by atoms with Crippen LogP contribution in [0.2, 0.25) is 0 Å². The van der Waals surface area contributed by atoms with Gasteiger partial charge >= 0.3 is 5.69 Å². The van der Waals surface area contributed by atoms with Crippen LogP contribution in [0.5, 0.6) is 0 Å². The molecule has 0 aliphatic rings. The van der Waals surface area contributed by atoms with Crippen molar-refractivity contribution in [2.75, 3.05) is 0 Å². The minimum atomic E-state index is -0.187. The number of nitrogens with two attached hydrogens (primary N) is 1. The fraction of sp³-hybridized carbons (Fsp3) is 0.333. The Balaban J connectivity index is 2.31. The van der Waals surface area contributed by atoms with Crippen molar-refractivity contribution in [1.82, 2.24) is 14.8 Å². The lowest BCUT2D eigenvalue weighted by atomic mass is 10.1. The standard InChI is InChI=1S/C12H15BrN4OS/c1-3-17-11(18)15-16-12(17)19-10-5-4-8(7(2)14)6-9(10)13/h4-7H,3,14H2,1-2H3,(H,15,18)/t7-/m0/s1. The van der Waals surface area contributed by atoms with E-state index < -0.39 is 0 Å². The quantitative estimate of drug-likeness (QED) is 0.894. The molecule has 0 radical (unpaired) electrons. The minimum Gasteiger partial charge on any atom is -0.324 e. The van der Waals surface area contributed by atoms with Crippen LogP contribution in [0.4, 0.5) is 0 Å². The van der Waals surface area contributed by atoms with E-state index in [9.17, 15) is 4.79 Å². The summed E-state index contributed by atoms with van der Waals surface area (Å²) in [7, 11) is 0. The normalized spacial score (nSPS) is 12.6. The van der Waals surface area contributed by atoms with Crippen molar-refractivity contribution in [2.24, 2.45) is 5.73 Å². The number of H-pyrrole nitrogens is 1. The Morgan fingerprint density at radius 1 is 1.58 bits per heavy atom. The Bertz CT molecular complexity index is 635. The van der Waals surface area contributed by atoms with Gasteiger partial charge in [0.25, 0.3) is 0 Å². The highest BCUT2D eigenvalue weighted by Gasteiger charge is 2.11. The number of nitrogens with one attached hydrogen (secondary N) is 1. The lowest BCUT2D eigenvalue weighted by Crippen LogP contribution is -2.16. The Morgan fingerprint density at radius 2 is 2.32 bits per heavy atom. The second-order valence-electron chi connectivity index (χ2n) is 4.14. The SMILES string of the molecule is CCn1c(Sc2ccc([C@H](C)N)cc2Br)n[nH]c1=O. The molecule has 0 fully saturated rings. The summed E-state index contributed by atoms with van der Waals surface area (Å²) in [5.74, 6) is 0. The van der Waals surface area contributed by atoms with E-state index in [-0.39, 0.29) is 11.7 Å². The lowest BCUT2D eigenvalue weighted by molar-refractivity contribution is 0.660. The molecule has 0 aliphatic carbocycles. The summed E-state index contributed by atoms with van der Waals surface area (Å²) in [6.07, 6.45) is 0. The van der Waals surface area contributed by atoms with E-state index in [2.05, 4.69) is 26.1 Å². The van der Waals surface area contributed by atoms with Crippen molar-refractivity contribution in [3.05, 3.63) is 38.7 Å². The molecule has 1 aromatic carbocycles. The van der Waals surface area contributed by atoms with E-state index in [1.54, 1.807) is 4.57 Å². The second kappa shape index (κ2) is 5.94. The zero-order chi connectivity index (χ0) is 14.0. The summed E-state index contributed by atoms with van der Waals surface area (Å²) >= 11 is 4.96. The number of rotatable bonds is 4. The number of aromatic amines is 1. The topological polar surface area (TPSA) is 76.7 Å². The fourth-order valence-corrected chi connectivity index (χ4v) is 3.18. The average molecular weight is 343 g/mol. The number of hydrogen-bond donors (Lipinski definition) is 2. The van der Waals surface area contributed by atoms with Crippen LogP contribution in [0, 0.1) is 0 Å². The maximum Gasteiger partial charge on any atom is 0.343 e. The van der Waals surface area contributed by atoms with Crippen molar-refractivity contribution < 1.29 is 0 Å². The molecule has 2 rings (SSSR count). The summed E-state index contributed by atoms with van der Waals surface area (Å²) in [5, 5.41) is 7.14. The molecule has 1 atom stereocenters. The van der Waals surface area contributed by atoms with Crippen LogP contribution in [0.25, 0.3) is 0 Å².